The minimum Gasteiger partial charge on any atom is -0.476 e. The molecule has 21 heavy (non-hydrogen) atoms. The highest BCUT2D eigenvalue weighted by Gasteiger charge is 2.22. The minimum absolute atomic E-state index is 0.547. The number of pyridine rings is 1. The summed E-state index contributed by atoms with van der Waals surface area (Å²) < 4.78 is 11.2. The highest BCUT2D eigenvalue weighted by Crippen LogP contribution is 2.30. The average Bonchev–Trinajstić information content (AvgIpc) is 3.31. The Morgan fingerprint density at radius 3 is 2.86 bits per heavy atom. The van der Waals surface area contributed by atoms with E-state index in [4.69, 9.17) is 15.2 Å². The SMILES string of the molecule is CCCCOCCCNc1ccc(N)c(OCC2CC2)n1. The third-order valence-electron chi connectivity index (χ3n) is 3.46. The molecule has 1 aliphatic carbocycles. The van der Waals surface area contributed by atoms with E-state index in [1.165, 1.54) is 19.3 Å². The molecule has 0 radical (unpaired) electrons. The van der Waals surface area contributed by atoms with Crippen molar-refractivity contribution >= 4 is 11.5 Å². The number of aromatic nitrogens is 1. The highest BCUT2D eigenvalue weighted by molar-refractivity contribution is 5.53. The third-order valence-corrected chi connectivity index (χ3v) is 3.46. The van der Waals surface area contributed by atoms with Gasteiger partial charge in [0.25, 0.3) is 0 Å². The Kier molecular flexibility index (Phi) is 6.60. The van der Waals surface area contributed by atoms with E-state index in [0.717, 1.165) is 45.0 Å². The Hall–Kier alpha value is -1.49. The summed E-state index contributed by atoms with van der Waals surface area (Å²) in [6.07, 6.45) is 5.80. The molecule has 0 unspecified atom stereocenters. The second-order valence-electron chi connectivity index (χ2n) is 5.59. The zero-order chi connectivity index (χ0) is 14.9. The van der Waals surface area contributed by atoms with Gasteiger partial charge in [-0.1, -0.05) is 13.3 Å². The van der Waals surface area contributed by atoms with E-state index in [0.29, 0.717) is 17.5 Å². The molecule has 0 aromatic carbocycles. The maximum Gasteiger partial charge on any atom is 0.239 e. The fourth-order valence-electron chi connectivity index (χ4n) is 1.89. The van der Waals surface area contributed by atoms with Gasteiger partial charge in [-0.25, -0.2) is 0 Å². The predicted molar refractivity (Wildman–Crippen MR) is 85.7 cm³/mol. The number of nitrogens with one attached hydrogen (secondary N) is 1. The summed E-state index contributed by atoms with van der Waals surface area (Å²) in [6, 6.07) is 3.73. The van der Waals surface area contributed by atoms with Crippen molar-refractivity contribution in [3.8, 4) is 5.88 Å². The van der Waals surface area contributed by atoms with E-state index in [1.54, 1.807) is 0 Å². The second-order valence-corrected chi connectivity index (χ2v) is 5.59. The average molecular weight is 293 g/mol. The van der Waals surface area contributed by atoms with Gasteiger partial charge >= 0.3 is 0 Å². The number of ether oxygens (including phenoxy) is 2. The quantitative estimate of drug-likeness (QED) is 0.614. The molecule has 1 fully saturated rings. The first kappa shape index (κ1) is 15.9. The molecule has 0 atom stereocenters. The standard InChI is InChI=1S/C16H27N3O2/c1-2-3-10-20-11-4-9-18-15-8-7-14(17)16(19-15)21-12-13-5-6-13/h7-8,13H,2-6,9-12,17H2,1H3,(H,18,19). The second kappa shape index (κ2) is 8.72. The largest absolute Gasteiger partial charge is 0.476 e. The van der Waals surface area contributed by atoms with Gasteiger partial charge in [-0.2, -0.15) is 4.98 Å². The Balaban J connectivity index is 1.66. The molecule has 118 valence electrons. The zero-order valence-electron chi connectivity index (χ0n) is 12.9. The number of nitrogens with zero attached hydrogens (tertiary/aromatic N) is 1. The molecule has 0 spiro atoms. The Bertz CT molecular complexity index is 422. The van der Waals surface area contributed by atoms with E-state index in [1.807, 2.05) is 12.1 Å². The van der Waals surface area contributed by atoms with E-state index in [2.05, 4.69) is 17.2 Å². The minimum atomic E-state index is 0.547. The van der Waals surface area contributed by atoms with Crippen molar-refractivity contribution in [1.82, 2.24) is 4.98 Å². The van der Waals surface area contributed by atoms with Gasteiger partial charge < -0.3 is 20.5 Å². The molecular weight excluding hydrogens is 266 g/mol. The number of hydrogen-bond donors (Lipinski definition) is 2. The monoisotopic (exact) mass is 293 g/mol. The lowest BCUT2D eigenvalue weighted by molar-refractivity contribution is 0.131. The van der Waals surface area contributed by atoms with Crippen molar-refractivity contribution < 1.29 is 9.47 Å². The highest BCUT2D eigenvalue weighted by atomic mass is 16.5. The van der Waals surface area contributed by atoms with Gasteiger partial charge in [-0.15, -0.1) is 0 Å². The third kappa shape index (κ3) is 6.21. The fourth-order valence-corrected chi connectivity index (χ4v) is 1.89. The predicted octanol–water partition coefficient (Wildman–Crippen LogP) is 3.07. The Labute approximate surface area is 127 Å². The Morgan fingerprint density at radius 2 is 2.10 bits per heavy atom. The van der Waals surface area contributed by atoms with Crippen molar-refractivity contribution in [2.75, 3.05) is 37.4 Å². The molecule has 0 bridgehead atoms. The van der Waals surface area contributed by atoms with Gasteiger partial charge in [0.15, 0.2) is 0 Å². The van der Waals surface area contributed by atoms with Gasteiger partial charge in [0.2, 0.25) is 5.88 Å². The summed E-state index contributed by atoms with van der Waals surface area (Å²) in [7, 11) is 0. The first-order valence-corrected chi connectivity index (χ1v) is 8.00. The summed E-state index contributed by atoms with van der Waals surface area (Å²) in [5.74, 6) is 2.05. The van der Waals surface area contributed by atoms with Gasteiger partial charge in [-0.3, -0.25) is 0 Å². The van der Waals surface area contributed by atoms with Gasteiger partial charge in [0, 0.05) is 19.8 Å². The molecule has 1 aliphatic rings. The maximum absolute atomic E-state index is 5.88. The molecule has 5 nitrogen and oxygen atoms in total. The Morgan fingerprint density at radius 1 is 1.29 bits per heavy atom. The molecule has 1 heterocycles. The zero-order valence-corrected chi connectivity index (χ0v) is 12.9. The van der Waals surface area contributed by atoms with Crippen LogP contribution in [0.5, 0.6) is 5.88 Å². The van der Waals surface area contributed by atoms with Gasteiger partial charge in [0.1, 0.15) is 5.82 Å². The maximum atomic E-state index is 5.88. The molecule has 5 heteroatoms. The van der Waals surface area contributed by atoms with Crippen LogP contribution in [0, 0.1) is 5.92 Å². The number of hydrogen-bond acceptors (Lipinski definition) is 5. The van der Waals surface area contributed by atoms with Crippen LogP contribution < -0.4 is 15.8 Å². The van der Waals surface area contributed by atoms with Crippen LogP contribution in [0.15, 0.2) is 12.1 Å². The molecule has 1 aromatic heterocycles. The smallest absolute Gasteiger partial charge is 0.239 e. The summed E-state index contributed by atoms with van der Waals surface area (Å²) in [4.78, 5) is 4.42. The van der Waals surface area contributed by atoms with Gasteiger partial charge in [0.05, 0.1) is 12.3 Å². The number of nitrogen functional groups attached to an aromatic ring is 1. The number of rotatable bonds is 11. The molecule has 0 amide bonds. The number of unbranched alkanes of at least 4 members (excludes halogenated alkanes) is 1. The lowest BCUT2D eigenvalue weighted by atomic mass is 10.3. The lowest BCUT2D eigenvalue weighted by Crippen LogP contribution is -2.09. The van der Waals surface area contributed by atoms with E-state index in [-0.39, 0.29) is 0 Å². The number of nitrogens with two attached hydrogens (primary N) is 1. The first-order chi connectivity index (χ1) is 10.3. The van der Waals surface area contributed by atoms with E-state index < -0.39 is 0 Å². The number of anilines is 2. The summed E-state index contributed by atoms with van der Waals surface area (Å²) in [6.45, 7) is 5.38. The fraction of sp³-hybridized carbons (Fsp3) is 0.688. The van der Waals surface area contributed by atoms with Crippen molar-refractivity contribution in [2.24, 2.45) is 5.92 Å². The van der Waals surface area contributed by atoms with Crippen LogP contribution in [-0.4, -0.2) is 31.3 Å². The van der Waals surface area contributed by atoms with Crippen LogP contribution in [0.1, 0.15) is 39.0 Å². The normalized spacial score (nSPS) is 14.1. The van der Waals surface area contributed by atoms with Crippen LogP contribution >= 0.6 is 0 Å². The van der Waals surface area contributed by atoms with Crippen molar-refractivity contribution in [2.45, 2.75) is 39.0 Å². The summed E-state index contributed by atoms with van der Waals surface area (Å²) in [5, 5.41) is 3.28. The van der Waals surface area contributed by atoms with E-state index in [9.17, 15) is 0 Å². The molecule has 0 aliphatic heterocycles. The van der Waals surface area contributed by atoms with Crippen molar-refractivity contribution in [3.05, 3.63) is 12.1 Å². The molecular formula is C16H27N3O2. The molecule has 0 saturated heterocycles. The summed E-state index contributed by atoms with van der Waals surface area (Å²) >= 11 is 0. The van der Waals surface area contributed by atoms with Crippen molar-refractivity contribution in [1.29, 1.82) is 0 Å². The topological polar surface area (TPSA) is 69.4 Å². The van der Waals surface area contributed by atoms with Crippen LogP contribution in [0.3, 0.4) is 0 Å². The van der Waals surface area contributed by atoms with Gasteiger partial charge in [-0.05, 0) is 43.7 Å². The van der Waals surface area contributed by atoms with Crippen LogP contribution in [0.2, 0.25) is 0 Å². The molecule has 3 N–H and O–H groups in total. The van der Waals surface area contributed by atoms with Crippen LogP contribution in [0.4, 0.5) is 11.5 Å². The lowest BCUT2D eigenvalue weighted by Gasteiger charge is -2.10. The molecule has 2 rings (SSSR count). The van der Waals surface area contributed by atoms with Crippen LogP contribution in [0.25, 0.3) is 0 Å². The first-order valence-electron chi connectivity index (χ1n) is 8.00. The molecule has 1 aromatic rings. The van der Waals surface area contributed by atoms with Crippen LogP contribution in [-0.2, 0) is 4.74 Å². The van der Waals surface area contributed by atoms with Crippen molar-refractivity contribution in [3.63, 3.8) is 0 Å². The van der Waals surface area contributed by atoms with E-state index >= 15 is 0 Å². The molecule has 1 saturated carbocycles. The summed E-state index contributed by atoms with van der Waals surface area (Å²) in [5.41, 5.74) is 6.48.